The molecule has 5 rings (SSSR count). The van der Waals surface area contributed by atoms with Crippen molar-refractivity contribution < 1.29 is 32.5 Å². The van der Waals surface area contributed by atoms with Gasteiger partial charge in [-0.15, -0.1) is 0 Å². The smallest absolute Gasteiger partial charge is 0.319 e. The van der Waals surface area contributed by atoms with Gasteiger partial charge in [0.15, 0.2) is 17.4 Å². The molecule has 4 aromatic rings. The molecule has 0 radical (unpaired) electrons. The van der Waals surface area contributed by atoms with E-state index in [9.17, 15) is 10.1 Å². The van der Waals surface area contributed by atoms with Crippen molar-refractivity contribution in [2.45, 2.75) is 39.3 Å². The quantitative estimate of drug-likeness (QED) is 0.124. The Balaban J connectivity index is 1.46. The highest BCUT2D eigenvalue weighted by atomic mass is 28.3. The highest BCUT2D eigenvalue weighted by molar-refractivity contribution is 6.76. The maximum atomic E-state index is 15.4. The summed E-state index contributed by atoms with van der Waals surface area (Å²) < 4.78 is 55.1. The lowest BCUT2D eigenvalue weighted by Crippen LogP contribution is -2.49. The number of nitriles is 1. The molecule has 13 heteroatoms. The van der Waals surface area contributed by atoms with E-state index >= 15 is 8.78 Å². The molecule has 2 aromatic heterocycles. The Labute approximate surface area is 267 Å². The zero-order chi connectivity index (χ0) is 33.1. The molecule has 0 unspecified atom stereocenters. The maximum absolute atomic E-state index is 15.4. The number of carbonyl (C=O) groups is 1. The third kappa shape index (κ3) is 7.47. The SMILES string of the molecule is COc1cc(-c2cn(COCC[Si](C)(C)C)c3nccc(Oc4c(F)cc(NC(=O)NCC5(C)COC5)cc4F)c23)ccc1C#N. The number of halogens is 2. The lowest BCUT2D eigenvalue weighted by atomic mass is 9.89. The van der Waals surface area contributed by atoms with Crippen LogP contribution in [0.25, 0.3) is 22.2 Å². The van der Waals surface area contributed by atoms with E-state index in [4.69, 9.17) is 18.9 Å². The summed E-state index contributed by atoms with van der Waals surface area (Å²) in [6.45, 7) is 11.0. The van der Waals surface area contributed by atoms with Crippen LogP contribution in [-0.2, 0) is 16.2 Å². The van der Waals surface area contributed by atoms with E-state index in [0.717, 1.165) is 18.2 Å². The number of carbonyl (C=O) groups excluding carboxylic acids is 1. The molecule has 1 fully saturated rings. The van der Waals surface area contributed by atoms with E-state index < -0.39 is 31.5 Å². The van der Waals surface area contributed by atoms with Gasteiger partial charge in [0.05, 0.1) is 31.3 Å². The molecular formula is C33H37F2N5O5Si. The highest BCUT2D eigenvalue weighted by Crippen LogP contribution is 2.41. The van der Waals surface area contributed by atoms with Crippen molar-refractivity contribution in [2.24, 2.45) is 5.41 Å². The second-order valence-electron chi connectivity index (χ2n) is 12.9. The summed E-state index contributed by atoms with van der Waals surface area (Å²) in [5.41, 5.74) is 1.91. The van der Waals surface area contributed by atoms with Crippen LogP contribution in [0.4, 0.5) is 19.3 Å². The first kappa shape index (κ1) is 32.9. The van der Waals surface area contributed by atoms with E-state index in [2.05, 4.69) is 41.3 Å². The Hall–Kier alpha value is -4.51. The summed E-state index contributed by atoms with van der Waals surface area (Å²) in [5.74, 6) is -2.12. The van der Waals surface area contributed by atoms with Crippen molar-refractivity contribution in [1.29, 1.82) is 5.26 Å². The lowest BCUT2D eigenvalue weighted by Gasteiger charge is -2.37. The largest absolute Gasteiger partial charge is 0.495 e. The molecular weight excluding hydrogens is 612 g/mol. The number of hydrogen-bond donors (Lipinski definition) is 2. The van der Waals surface area contributed by atoms with Crippen molar-refractivity contribution in [3.05, 3.63) is 66.0 Å². The second kappa shape index (κ2) is 13.5. The molecule has 0 saturated carbocycles. The van der Waals surface area contributed by atoms with E-state index in [-0.39, 0.29) is 23.6 Å². The Kier molecular flexibility index (Phi) is 9.62. The van der Waals surface area contributed by atoms with Crippen molar-refractivity contribution in [3.8, 4) is 34.4 Å². The lowest BCUT2D eigenvalue weighted by molar-refractivity contribution is -0.0974. The predicted molar refractivity (Wildman–Crippen MR) is 173 cm³/mol. The van der Waals surface area contributed by atoms with Crippen LogP contribution >= 0.6 is 0 Å². The first-order chi connectivity index (χ1) is 21.9. The summed E-state index contributed by atoms with van der Waals surface area (Å²) >= 11 is 0. The zero-order valence-electron chi connectivity index (χ0n) is 26.5. The third-order valence-corrected chi connectivity index (χ3v) is 9.33. The maximum Gasteiger partial charge on any atom is 0.319 e. The summed E-state index contributed by atoms with van der Waals surface area (Å²) in [7, 11) is 0.159. The number of aromatic nitrogens is 2. The molecule has 0 bridgehead atoms. The molecule has 1 aliphatic heterocycles. The summed E-state index contributed by atoms with van der Waals surface area (Å²) in [5, 5.41) is 15.1. The highest BCUT2D eigenvalue weighted by Gasteiger charge is 2.33. The number of amides is 2. The van der Waals surface area contributed by atoms with Crippen LogP contribution < -0.4 is 20.1 Å². The number of benzene rings is 2. The van der Waals surface area contributed by atoms with Crippen LogP contribution in [0.1, 0.15) is 12.5 Å². The number of methoxy groups -OCH3 is 1. The Morgan fingerprint density at radius 1 is 1.15 bits per heavy atom. The normalized spacial score (nSPS) is 14.0. The number of anilines is 1. The molecule has 10 nitrogen and oxygen atoms in total. The summed E-state index contributed by atoms with van der Waals surface area (Å²) in [6.07, 6.45) is 3.32. The van der Waals surface area contributed by atoms with E-state index in [0.29, 0.717) is 59.8 Å². The van der Waals surface area contributed by atoms with Gasteiger partial charge in [0.2, 0.25) is 0 Å². The number of ether oxygens (including phenoxy) is 4. The standard InChI is InChI=1S/C33H37F2N5O5Si/c1-33(18-44-19-33)17-38-32(41)39-23-13-25(34)30(26(35)14-23)45-27-8-9-37-31-29(27)24(16-40(31)20-43-10-11-46(3,4)5)21-6-7-22(15-36)28(12-21)42-2/h6-9,12-14,16H,10-11,17-20H2,1-5H3,(H2,38,39,41). The van der Waals surface area contributed by atoms with Crippen molar-refractivity contribution >= 4 is 30.8 Å². The van der Waals surface area contributed by atoms with Gasteiger partial charge in [0.25, 0.3) is 0 Å². The number of rotatable bonds is 12. The van der Waals surface area contributed by atoms with E-state index in [1.54, 1.807) is 22.8 Å². The fraction of sp³-hybridized carbons (Fsp3) is 0.364. The zero-order valence-corrected chi connectivity index (χ0v) is 27.5. The molecule has 3 heterocycles. The second-order valence-corrected chi connectivity index (χ2v) is 18.5. The summed E-state index contributed by atoms with van der Waals surface area (Å²) in [6, 6.07) is 11.1. The predicted octanol–water partition coefficient (Wildman–Crippen LogP) is 7.12. The molecule has 2 aromatic carbocycles. The number of nitrogens with zero attached hydrogens (tertiary/aromatic N) is 3. The molecule has 2 amide bonds. The number of pyridine rings is 1. The van der Waals surface area contributed by atoms with E-state index in [1.165, 1.54) is 19.4 Å². The summed E-state index contributed by atoms with van der Waals surface area (Å²) in [4.78, 5) is 16.9. The van der Waals surface area contributed by atoms with Gasteiger partial charge in [-0.25, -0.2) is 18.6 Å². The van der Waals surface area contributed by atoms with E-state index in [1.807, 2.05) is 13.1 Å². The van der Waals surface area contributed by atoms with Gasteiger partial charge in [0, 0.05) is 62.4 Å². The van der Waals surface area contributed by atoms with Crippen molar-refractivity contribution in [1.82, 2.24) is 14.9 Å². The molecule has 2 N–H and O–H groups in total. The van der Waals surface area contributed by atoms with Gasteiger partial charge < -0.3 is 34.1 Å². The number of fused-ring (bicyclic) bond motifs is 1. The van der Waals surface area contributed by atoms with Crippen LogP contribution in [0, 0.1) is 28.4 Å². The van der Waals surface area contributed by atoms with Gasteiger partial charge in [0.1, 0.15) is 29.9 Å². The molecule has 0 aliphatic carbocycles. The fourth-order valence-corrected chi connectivity index (χ4v) is 5.70. The first-order valence-corrected chi connectivity index (χ1v) is 18.5. The number of hydrogen-bond acceptors (Lipinski definition) is 7. The molecule has 1 saturated heterocycles. The van der Waals surface area contributed by atoms with Crippen LogP contribution in [0.2, 0.25) is 25.7 Å². The van der Waals surface area contributed by atoms with Crippen molar-refractivity contribution in [3.63, 3.8) is 0 Å². The van der Waals surface area contributed by atoms with Gasteiger partial charge >= 0.3 is 6.03 Å². The molecule has 0 atom stereocenters. The average molecular weight is 650 g/mol. The minimum atomic E-state index is -1.32. The Morgan fingerprint density at radius 2 is 1.89 bits per heavy atom. The van der Waals surface area contributed by atoms with Crippen LogP contribution in [-0.4, -0.2) is 57.1 Å². The fourth-order valence-electron chi connectivity index (χ4n) is 4.94. The minimum absolute atomic E-state index is 0.0678. The van der Waals surface area contributed by atoms with Gasteiger partial charge in [-0.05, 0) is 29.8 Å². The average Bonchev–Trinajstić information content (AvgIpc) is 3.37. The number of nitrogens with one attached hydrogen (secondary N) is 2. The van der Waals surface area contributed by atoms with Gasteiger partial charge in [-0.2, -0.15) is 5.26 Å². The molecule has 242 valence electrons. The Morgan fingerprint density at radius 3 is 2.52 bits per heavy atom. The monoisotopic (exact) mass is 649 g/mol. The van der Waals surface area contributed by atoms with Gasteiger partial charge in [-0.3, -0.25) is 0 Å². The van der Waals surface area contributed by atoms with Crippen molar-refractivity contribution in [2.75, 3.05) is 38.8 Å². The number of urea groups is 1. The first-order valence-electron chi connectivity index (χ1n) is 14.8. The Bertz CT molecular complexity index is 1770. The third-order valence-electron chi connectivity index (χ3n) is 7.62. The van der Waals surface area contributed by atoms with Crippen LogP contribution in [0.3, 0.4) is 0 Å². The van der Waals surface area contributed by atoms with Gasteiger partial charge in [-0.1, -0.05) is 32.6 Å². The van der Waals surface area contributed by atoms with Crippen LogP contribution in [0.15, 0.2) is 48.8 Å². The molecule has 1 aliphatic rings. The molecule has 46 heavy (non-hydrogen) atoms. The molecule has 0 spiro atoms. The topological polar surface area (TPSA) is 120 Å². The minimum Gasteiger partial charge on any atom is -0.495 e. The van der Waals surface area contributed by atoms with Crippen LogP contribution in [0.5, 0.6) is 17.2 Å².